The molecule has 0 aliphatic heterocycles. The van der Waals surface area contributed by atoms with Crippen molar-refractivity contribution in [2.75, 3.05) is 6.54 Å². The van der Waals surface area contributed by atoms with Crippen molar-refractivity contribution in [3.63, 3.8) is 0 Å². The maximum atomic E-state index is 4.48. The van der Waals surface area contributed by atoms with Crippen molar-refractivity contribution in [2.24, 2.45) is 0 Å². The van der Waals surface area contributed by atoms with Crippen LogP contribution in [-0.4, -0.2) is 11.5 Å². The van der Waals surface area contributed by atoms with Gasteiger partial charge in [-0.2, -0.15) is 0 Å². The summed E-state index contributed by atoms with van der Waals surface area (Å²) in [5.41, 5.74) is 2.47. The van der Waals surface area contributed by atoms with Crippen LogP contribution in [0.25, 0.3) is 0 Å². The average molecular weight is 292 g/mol. The van der Waals surface area contributed by atoms with Crippen molar-refractivity contribution in [3.05, 3.63) is 45.9 Å². The van der Waals surface area contributed by atoms with Gasteiger partial charge >= 0.3 is 0 Å². The minimum atomic E-state index is 0.963. The lowest BCUT2D eigenvalue weighted by molar-refractivity contribution is 0.675. The van der Waals surface area contributed by atoms with Crippen LogP contribution in [0.1, 0.15) is 29.6 Å². The van der Waals surface area contributed by atoms with Crippen LogP contribution < -0.4 is 5.32 Å². The molecule has 0 saturated heterocycles. The van der Waals surface area contributed by atoms with Crippen molar-refractivity contribution < 1.29 is 0 Å². The lowest BCUT2D eigenvalue weighted by Gasteiger charge is -2.04. The SMILES string of the molecule is CCCNCc1ccc(SCc2nc(C)cs2)cc1. The molecule has 0 fully saturated rings. The number of rotatable bonds is 7. The standard InChI is InChI=1S/C15H20N2S2/c1-3-8-16-9-13-4-6-14(7-5-13)18-11-15-17-12(2)10-19-15/h4-7,10,16H,3,8-9,11H2,1-2H3. The highest BCUT2D eigenvalue weighted by Gasteiger charge is 2.00. The Morgan fingerprint density at radius 1 is 1.26 bits per heavy atom. The third-order valence-electron chi connectivity index (χ3n) is 2.71. The molecule has 4 heteroatoms. The van der Waals surface area contributed by atoms with Crippen LogP contribution in [0.4, 0.5) is 0 Å². The average Bonchev–Trinajstić information content (AvgIpc) is 2.84. The van der Waals surface area contributed by atoms with Gasteiger partial charge in [-0.1, -0.05) is 19.1 Å². The van der Waals surface area contributed by atoms with E-state index in [1.165, 1.54) is 21.9 Å². The van der Waals surface area contributed by atoms with Crippen LogP contribution in [0, 0.1) is 6.92 Å². The number of aryl methyl sites for hydroxylation is 1. The van der Waals surface area contributed by atoms with E-state index in [0.29, 0.717) is 0 Å². The zero-order chi connectivity index (χ0) is 13.5. The molecule has 0 aliphatic carbocycles. The lowest BCUT2D eigenvalue weighted by atomic mass is 10.2. The largest absolute Gasteiger partial charge is 0.313 e. The van der Waals surface area contributed by atoms with E-state index >= 15 is 0 Å². The molecular formula is C15H20N2S2. The summed E-state index contributed by atoms with van der Waals surface area (Å²) in [7, 11) is 0. The van der Waals surface area contributed by atoms with Crippen LogP contribution in [0.2, 0.25) is 0 Å². The third kappa shape index (κ3) is 4.97. The number of thioether (sulfide) groups is 1. The lowest BCUT2D eigenvalue weighted by Crippen LogP contribution is -2.13. The van der Waals surface area contributed by atoms with Crippen molar-refractivity contribution in [1.29, 1.82) is 0 Å². The van der Waals surface area contributed by atoms with Crippen molar-refractivity contribution in [3.8, 4) is 0 Å². The van der Waals surface area contributed by atoms with Gasteiger partial charge < -0.3 is 5.32 Å². The molecule has 1 aromatic carbocycles. The van der Waals surface area contributed by atoms with Crippen LogP contribution in [0.5, 0.6) is 0 Å². The molecule has 1 aromatic heterocycles. The molecule has 2 rings (SSSR count). The van der Waals surface area contributed by atoms with Gasteiger partial charge in [0.2, 0.25) is 0 Å². The Morgan fingerprint density at radius 2 is 2.05 bits per heavy atom. The second-order valence-electron chi connectivity index (χ2n) is 4.49. The summed E-state index contributed by atoms with van der Waals surface area (Å²) in [5.74, 6) is 0.964. The van der Waals surface area contributed by atoms with E-state index in [4.69, 9.17) is 0 Å². The summed E-state index contributed by atoms with van der Waals surface area (Å²) in [6.45, 7) is 6.28. The van der Waals surface area contributed by atoms with Crippen LogP contribution >= 0.6 is 23.1 Å². The topological polar surface area (TPSA) is 24.9 Å². The van der Waals surface area contributed by atoms with Gasteiger partial charge in [-0.25, -0.2) is 4.98 Å². The molecule has 0 saturated carbocycles. The molecule has 0 amide bonds. The highest BCUT2D eigenvalue weighted by Crippen LogP contribution is 2.24. The third-order valence-corrected chi connectivity index (χ3v) is 4.88. The first-order valence-corrected chi connectivity index (χ1v) is 8.48. The predicted molar refractivity (Wildman–Crippen MR) is 84.9 cm³/mol. The molecule has 0 atom stereocenters. The summed E-state index contributed by atoms with van der Waals surface area (Å²) >= 11 is 3.59. The molecule has 102 valence electrons. The molecule has 2 nitrogen and oxygen atoms in total. The molecule has 0 aliphatic rings. The Hall–Kier alpha value is -0.840. The predicted octanol–water partition coefficient (Wildman–Crippen LogP) is 4.24. The first kappa shape index (κ1) is 14.6. The fourth-order valence-electron chi connectivity index (χ4n) is 1.73. The Balaban J connectivity index is 1.81. The molecular weight excluding hydrogens is 272 g/mol. The minimum Gasteiger partial charge on any atom is -0.313 e. The van der Waals surface area contributed by atoms with E-state index in [1.54, 1.807) is 11.3 Å². The summed E-state index contributed by atoms with van der Waals surface area (Å²) in [5, 5.41) is 6.73. The molecule has 0 radical (unpaired) electrons. The van der Waals surface area contributed by atoms with Crippen molar-refractivity contribution >= 4 is 23.1 Å². The zero-order valence-electron chi connectivity index (χ0n) is 11.5. The number of hydrogen-bond donors (Lipinski definition) is 1. The Morgan fingerprint density at radius 3 is 2.68 bits per heavy atom. The Kier molecular flexibility index (Phi) is 5.89. The molecule has 0 spiro atoms. The molecule has 0 unspecified atom stereocenters. The second kappa shape index (κ2) is 7.68. The van der Waals surface area contributed by atoms with E-state index < -0.39 is 0 Å². The van der Waals surface area contributed by atoms with Crippen LogP contribution in [0.3, 0.4) is 0 Å². The highest BCUT2D eigenvalue weighted by molar-refractivity contribution is 7.98. The van der Waals surface area contributed by atoms with E-state index in [0.717, 1.165) is 24.5 Å². The number of nitrogens with one attached hydrogen (secondary N) is 1. The smallest absolute Gasteiger partial charge is 0.103 e. The van der Waals surface area contributed by atoms with E-state index in [2.05, 4.69) is 46.9 Å². The van der Waals surface area contributed by atoms with Gasteiger partial charge in [0.05, 0.1) is 5.75 Å². The fraction of sp³-hybridized carbons (Fsp3) is 0.400. The first-order valence-electron chi connectivity index (χ1n) is 6.61. The summed E-state index contributed by atoms with van der Waals surface area (Å²) < 4.78 is 0. The van der Waals surface area contributed by atoms with Gasteiger partial charge in [0.25, 0.3) is 0 Å². The molecule has 1 N–H and O–H groups in total. The van der Waals surface area contributed by atoms with E-state index in [1.807, 2.05) is 18.7 Å². The van der Waals surface area contributed by atoms with Crippen molar-refractivity contribution in [1.82, 2.24) is 10.3 Å². The van der Waals surface area contributed by atoms with Gasteiger partial charge in [0.15, 0.2) is 0 Å². The fourth-order valence-corrected chi connectivity index (χ4v) is 3.42. The Labute approximate surface area is 123 Å². The summed E-state index contributed by atoms with van der Waals surface area (Å²) in [6.07, 6.45) is 1.18. The van der Waals surface area contributed by atoms with Crippen molar-refractivity contribution in [2.45, 2.75) is 37.5 Å². The molecule has 1 heterocycles. The monoisotopic (exact) mass is 292 g/mol. The number of benzene rings is 1. The summed E-state index contributed by atoms with van der Waals surface area (Å²) in [6, 6.07) is 8.82. The van der Waals surface area contributed by atoms with Crippen LogP contribution in [0.15, 0.2) is 34.5 Å². The first-order chi connectivity index (χ1) is 9.28. The Bertz CT molecular complexity index is 491. The summed E-state index contributed by atoms with van der Waals surface area (Å²) in [4.78, 5) is 5.79. The van der Waals surface area contributed by atoms with E-state index in [9.17, 15) is 0 Å². The zero-order valence-corrected chi connectivity index (χ0v) is 13.1. The number of aromatic nitrogens is 1. The van der Waals surface area contributed by atoms with Gasteiger partial charge in [0.1, 0.15) is 5.01 Å². The second-order valence-corrected chi connectivity index (χ2v) is 6.48. The number of nitrogens with zero attached hydrogens (tertiary/aromatic N) is 1. The normalized spacial score (nSPS) is 10.8. The highest BCUT2D eigenvalue weighted by atomic mass is 32.2. The van der Waals surface area contributed by atoms with E-state index in [-0.39, 0.29) is 0 Å². The molecule has 0 bridgehead atoms. The molecule has 19 heavy (non-hydrogen) atoms. The van der Waals surface area contributed by atoms with Gasteiger partial charge in [-0.05, 0) is 37.6 Å². The van der Waals surface area contributed by atoms with Gasteiger partial charge in [-0.3, -0.25) is 0 Å². The quantitative estimate of drug-likeness (QED) is 0.610. The minimum absolute atomic E-state index is 0.963. The van der Waals surface area contributed by atoms with Crippen LogP contribution in [-0.2, 0) is 12.3 Å². The molecule has 2 aromatic rings. The van der Waals surface area contributed by atoms with Gasteiger partial charge in [0, 0.05) is 22.5 Å². The number of thiazole rings is 1. The maximum absolute atomic E-state index is 4.48. The maximum Gasteiger partial charge on any atom is 0.103 e. The van der Waals surface area contributed by atoms with Gasteiger partial charge in [-0.15, -0.1) is 23.1 Å². The number of hydrogen-bond acceptors (Lipinski definition) is 4.